The standard InChI is InChI=1S/C12H19N3OS.2ClH/c1-8(2)12-15-10(7-17-12)11(16)14-9-4-3-5-13-6-9;;/h7-9,13H,3-6H2,1-2H3,(H,14,16);2*1H/t9-;;/m0../s1. The van der Waals surface area contributed by atoms with Crippen molar-refractivity contribution in [3.63, 3.8) is 0 Å². The van der Waals surface area contributed by atoms with Crippen LogP contribution >= 0.6 is 36.2 Å². The molecule has 1 aromatic rings. The molecule has 4 nitrogen and oxygen atoms in total. The zero-order valence-corrected chi connectivity index (χ0v) is 13.6. The number of carbonyl (C=O) groups is 1. The average Bonchev–Trinajstić information content (AvgIpc) is 2.79. The lowest BCUT2D eigenvalue weighted by molar-refractivity contribution is 0.0926. The summed E-state index contributed by atoms with van der Waals surface area (Å²) in [5.74, 6) is 0.347. The maximum atomic E-state index is 12.0. The topological polar surface area (TPSA) is 54.0 Å². The van der Waals surface area contributed by atoms with Crippen LogP contribution in [0.3, 0.4) is 0 Å². The molecule has 1 saturated heterocycles. The molecule has 0 radical (unpaired) electrons. The van der Waals surface area contributed by atoms with Crippen LogP contribution in [-0.2, 0) is 0 Å². The average molecular weight is 326 g/mol. The highest BCUT2D eigenvalue weighted by Crippen LogP contribution is 2.19. The van der Waals surface area contributed by atoms with Crippen LogP contribution < -0.4 is 10.6 Å². The Morgan fingerprint density at radius 3 is 2.79 bits per heavy atom. The molecule has 1 aliphatic heterocycles. The van der Waals surface area contributed by atoms with E-state index < -0.39 is 0 Å². The van der Waals surface area contributed by atoms with Gasteiger partial charge < -0.3 is 10.6 Å². The number of carbonyl (C=O) groups excluding carboxylic acids is 1. The van der Waals surface area contributed by atoms with E-state index >= 15 is 0 Å². The number of aromatic nitrogens is 1. The number of thiazole rings is 1. The molecule has 1 amide bonds. The summed E-state index contributed by atoms with van der Waals surface area (Å²) >= 11 is 1.56. The Hall–Kier alpha value is -0.360. The first kappa shape index (κ1) is 18.6. The quantitative estimate of drug-likeness (QED) is 0.898. The van der Waals surface area contributed by atoms with E-state index in [0.29, 0.717) is 11.6 Å². The number of piperidine rings is 1. The van der Waals surface area contributed by atoms with Crippen molar-refractivity contribution in [3.05, 3.63) is 16.1 Å². The SMILES string of the molecule is CC(C)c1nc(C(=O)N[C@H]2CCCNC2)cs1.Cl.Cl. The molecule has 1 atom stereocenters. The third kappa shape index (κ3) is 5.26. The van der Waals surface area contributed by atoms with Crippen molar-refractivity contribution in [2.45, 2.75) is 38.6 Å². The van der Waals surface area contributed by atoms with Crippen LogP contribution in [0, 0.1) is 0 Å². The molecule has 0 saturated carbocycles. The summed E-state index contributed by atoms with van der Waals surface area (Å²) in [6.07, 6.45) is 2.18. The number of hydrogen-bond acceptors (Lipinski definition) is 4. The zero-order chi connectivity index (χ0) is 12.3. The number of hydrogen-bond donors (Lipinski definition) is 2. The molecule has 19 heavy (non-hydrogen) atoms. The first-order chi connectivity index (χ1) is 8.16. The highest BCUT2D eigenvalue weighted by atomic mass is 35.5. The van der Waals surface area contributed by atoms with Crippen molar-refractivity contribution in [2.75, 3.05) is 13.1 Å². The van der Waals surface area contributed by atoms with Gasteiger partial charge >= 0.3 is 0 Å². The molecule has 0 spiro atoms. The van der Waals surface area contributed by atoms with E-state index in [1.165, 1.54) is 0 Å². The van der Waals surface area contributed by atoms with E-state index in [1.807, 2.05) is 5.38 Å². The van der Waals surface area contributed by atoms with Crippen LogP contribution in [0.5, 0.6) is 0 Å². The third-order valence-electron chi connectivity index (χ3n) is 2.88. The van der Waals surface area contributed by atoms with Gasteiger partial charge in [0.15, 0.2) is 0 Å². The molecule has 2 rings (SSSR count). The molecule has 0 aromatic carbocycles. The smallest absolute Gasteiger partial charge is 0.271 e. The van der Waals surface area contributed by atoms with Crippen molar-refractivity contribution >= 4 is 42.1 Å². The molecule has 0 bridgehead atoms. The Morgan fingerprint density at radius 2 is 2.26 bits per heavy atom. The Labute approximate surface area is 130 Å². The predicted molar refractivity (Wildman–Crippen MR) is 84.1 cm³/mol. The minimum absolute atomic E-state index is 0. The van der Waals surface area contributed by atoms with E-state index in [0.717, 1.165) is 30.9 Å². The van der Waals surface area contributed by atoms with E-state index in [9.17, 15) is 4.79 Å². The van der Waals surface area contributed by atoms with Crippen molar-refractivity contribution in [2.24, 2.45) is 0 Å². The molecule has 0 unspecified atom stereocenters. The number of amides is 1. The fourth-order valence-corrected chi connectivity index (χ4v) is 2.71. The number of nitrogens with one attached hydrogen (secondary N) is 2. The third-order valence-corrected chi connectivity index (χ3v) is 4.03. The van der Waals surface area contributed by atoms with Gasteiger partial charge in [0.05, 0.1) is 5.01 Å². The second-order valence-electron chi connectivity index (χ2n) is 4.74. The predicted octanol–water partition coefficient (Wildman–Crippen LogP) is 2.59. The van der Waals surface area contributed by atoms with Crippen molar-refractivity contribution in [1.82, 2.24) is 15.6 Å². The van der Waals surface area contributed by atoms with Crippen LogP contribution in [0.15, 0.2) is 5.38 Å². The van der Waals surface area contributed by atoms with E-state index in [4.69, 9.17) is 0 Å². The molecule has 7 heteroatoms. The molecule has 2 N–H and O–H groups in total. The van der Waals surface area contributed by atoms with E-state index in [1.54, 1.807) is 11.3 Å². The van der Waals surface area contributed by atoms with Gasteiger partial charge in [-0.15, -0.1) is 36.2 Å². The summed E-state index contributed by atoms with van der Waals surface area (Å²) in [4.78, 5) is 16.3. The second-order valence-corrected chi connectivity index (χ2v) is 5.63. The lowest BCUT2D eigenvalue weighted by atomic mass is 10.1. The lowest BCUT2D eigenvalue weighted by Gasteiger charge is -2.23. The molecule has 2 heterocycles. The highest BCUT2D eigenvalue weighted by molar-refractivity contribution is 7.09. The van der Waals surface area contributed by atoms with E-state index in [2.05, 4.69) is 29.5 Å². The van der Waals surface area contributed by atoms with Gasteiger partial charge in [0, 0.05) is 23.9 Å². The molecule has 1 aromatic heterocycles. The fourth-order valence-electron chi connectivity index (χ4n) is 1.89. The lowest BCUT2D eigenvalue weighted by Crippen LogP contribution is -2.45. The number of nitrogens with zero attached hydrogens (tertiary/aromatic N) is 1. The molecular formula is C12H21Cl2N3OS. The Balaban J connectivity index is 0.00000162. The van der Waals surface area contributed by atoms with Crippen molar-refractivity contribution < 1.29 is 4.79 Å². The van der Waals surface area contributed by atoms with Gasteiger partial charge in [-0.2, -0.15) is 0 Å². The van der Waals surface area contributed by atoms with Gasteiger partial charge in [0.25, 0.3) is 5.91 Å². The van der Waals surface area contributed by atoms with Crippen LogP contribution in [0.2, 0.25) is 0 Å². The van der Waals surface area contributed by atoms with Crippen LogP contribution in [0.1, 0.15) is 48.1 Å². The van der Waals surface area contributed by atoms with Gasteiger partial charge in [-0.1, -0.05) is 13.8 Å². The van der Waals surface area contributed by atoms with Gasteiger partial charge in [-0.3, -0.25) is 4.79 Å². The maximum Gasteiger partial charge on any atom is 0.271 e. The Morgan fingerprint density at radius 1 is 1.53 bits per heavy atom. The van der Waals surface area contributed by atoms with Crippen LogP contribution in [0.4, 0.5) is 0 Å². The fraction of sp³-hybridized carbons (Fsp3) is 0.667. The maximum absolute atomic E-state index is 12.0. The second kappa shape index (κ2) is 8.74. The largest absolute Gasteiger partial charge is 0.347 e. The Kier molecular flexibility index (Phi) is 8.57. The van der Waals surface area contributed by atoms with Gasteiger partial charge in [0.2, 0.25) is 0 Å². The normalized spacial score (nSPS) is 18.4. The first-order valence-corrected chi connectivity index (χ1v) is 7.02. The Bertz CT molecular complexity index is 392. The van der Waals surface area contributed by atoms with Gasteiger partial charge in [0.1, 0.15) is 5.69 Å². The van der Waals surface area contributed by atoms with Crippen molar-refractivity contribution in [1.29, 1.82) is 0 Å². The summed E-state index contributed by atoms with van der Waals surface area (Å²) in [5, 5.41) is 9.19. The molecule has 1 aliphatic rings. The number of halogens is 2. The highest BCUT2D eigenvalue weighted by Gasteiger charge is 2.18. The van der Waals surface area contributed by atoms with Gasteiger partial charge in [-0.05, 0) is 19.4 Å². The summed E-state index contributed by atoms with van der Waals surface area (Å²) < 4.78 is 0. The zero-order valence-electron chi connectivity index (χ0n) is 11.1. The first-order valence-electron chi connectivity index (χ1n) is 6.14. The minimum Gasteiger partial charge on any atom is -0.347 e. The minimum atomic E-state index is -0.0400. The van der Waals surface area contributed by atoms with Crippen LogP contribution in [0.25, 0.3) is 0 Å². The van der Waals surface area contributed by atoms with Crippen molar-refractivity contribution in [3.8, 4) is 0 Å². The molecule has 1 fully saturated rings. The molecular weight excluding hydrogens is 305 g/mol. The molecule has 0 aliphatic carbocycles. The van der Waals surface area contributed by atoms with Crippen LogP contribution in [-0.4, -0.2) is 30.0 Å². The van der Waals surface area contributed by atoms with Gasteiger partial charge in [-0.25, -0.2) is 4.98 Å². The molecule has 110 valence electrons. The summed E-state index contributed by atoms with van der Waals surface area (Å²) in [7, 11) is 0. The number of rotatable bonds is 3. The summed E-state index contributed by atoms with van der Waals surface area (Å²) in [6.45, 7) is 6.10. The summed E-state index contributed by atoms with van der Waals surface area (Å²) in [5.41, 5.74) is 0.560. The summed E-state index contributed by atoms with van der Waals surface area (Å²) in [6, 6.07) is 0.250. The van der Waals surface area contributed by atoms with E-state index in [-0.39, 0.29) is 36.8 Å². The monoisotopic (exact) mass is 325 g/mol.